The Morgan fingerprint density at radius 2 is 1.14 bits per heavy atom. The van der Waals surface area contributed by atoms with E-state index in [2.05, 4.69) is 244 Å². The fourth-order valence-electron chi connectivity index (χ4n) is 14.1. The minimum atomic E-state index is -0.276. The Bertz CT molecular complexity index is 4000. The number of benzene rings is 8. The predicted octanol–water partition coefficient (Wildman–Crippen LogP) is 17.4. The summed E-state index contributed by atoms with van der Waals surface area (Å²) in [6.07, 6.45) is 2.31. The second kappa shape index (κ2) is 14.6. The molecule has 0 fully saturated rings. The van der Waals surface area contributed by atoms with Gasteiger partial charge in [0.1, 0.15) is 11.3 Å². The first kappa shape index (κ1) is 44.6. The van der Waals surface area contributed by atoms with Gasteiger partial charge in [0.25, 0.3) is 0 Å². The smallest absolute Gasteiger partial charge is 0.333 e. The van der Waals surface area contributed by atoms with Crippen LogP contribution in [-0.2, 0) is 27.1 Å². The van der Waals surface area contributed by atoms with Crippen molar-refractivity contribution in [3.8, 4) is 50.4 Å². The molecule has 3 nitrogen and oxygen atoms in total. The van der Waals surface area contributed by atoms with Crippen LogP contribution in [0.25, 0.3) is 83.2 Å². The Hall–Kier alpha value is -7.04. The average Bonchev–Trinajstić information content (AvgIpc) is 3.99. The predicted molar refractivity (Wildman–Crippen MR) is 311 cm³/mol. The monoisotopic (exact) mass is 949 g/mol. The molecule has 360 valence electrons. The zero-order valence-corrected chi connectivity index (χ0v) is 44.7. The number of hydrogen-bond acceptors (Lipinski definition) is 2. The van der Waals surface area contributed by atoms with Gasteiger partial charge in [0.2, 0.25) is 0 Å². The molecule has 0 atom stereocenters. The molecule has 0 unspecified atom stereocenters. The Balaban J connectivity index is 1.23. The van der Waals surface area contributed by atoms with Crippen molar-refractivity contribution >= 4 is 61.9 Å². The molecule has 2 aliphatic heterocycles. The molecule has 2 aliphatic carbocycles. The van der Waals surface area contributed by atoms with Crippen LogP contribution in [0.2, 0.25) is 0 Å². The lowest BCUT2D eigenvalue weighted by atomic mass is 9.43. The van der Waals surface area contributed by atoms with Gasteiger partial charge in [-0.1, -0.05) is 186 Å². The second-order valence-corrected chi connectivity index (χ2v) is 25.9. The molecular formula is C69H65BN2O. The highest BCUT2D eigenvalue weighted by Crippen LogP contribution is 2.60. The van der Waals surface area contributed by atoms with Crippen molar-refractivity contribution in [3.63, 3.8) is 0 Å². The second-order valence-electron chi connectivity index (χ2n) is 25.9. The van der Waals surface area contributed by atoms with Crippen molar-refractivity contribution in [1.29, 1.82) is 0 Å². The third-order valence-electron chi connectivity index (χ3n) is 18.1. The van der Waals surface area contributed by atoms with Crippen molar-refractivity contribution in [1.82, 2.24) is 4.57 Å². The minimum Gasteiger partial charge on any atom is -0.455 e. The number of furan rings is 1. The highest BCUT2D eigenvalue weighted by molar-refractivity contribution is 6.94. The van der Waals surface area contributed by atoms with E-state index in [0.29, 0.717) is 0 Å². The summed E-state index contributed by atoms with van der Waals surface area (Å²) >= 11 is 0. The van der Waals surface area contributed by atoms with Crippen molar-refractivity contribution in [3.05, 3.63) is 185 Å². The third-order valence-corrected chi connectivity index (χ3v) is 18.1. The van der Waals surface area contributed by atoms with E-state index < -0.39 is 0 Å². The molecular weight excluding hydrogens is 884 g/mol. The SMILES string of the molecule is CC(C)(C)c1ccc(N2B3c4cc5oc(-c6ccccc6)c(-c6ccccc6)c5cc4-n4c5cc6c(cc5c5c7c(c(c3c54)-c3cc(C(C)(C)C)ccc32)-c2ccccc2C7(C)C)C(C)(C)CCC6(C)C)cc1. The van der Waals surface area contributed by atoms with Crippen LogP contribution in [0.4, 0.5) is 11.4 Å². The van der Waals surface area contributed by atoms with Crippen molar-refractivity contribution in [2.45, 2.75) is 123 Å². The molecule has 0 spiro atoms. The molecule has 4 heteroatoms. The molecule has 0 saturated heterocycles. The summed E-state index contributed by atoms with van der Waals surface area (Å²) in [4.78, 5) is 2.70. The van der Waals surface area contributed by atoms with E-state index in [1.807, 2.05) is 0 Å². The van der Waals surface area contributed by atoms with Crippen LogP contribution in [0.1, 0.15) is 129 Å². The lowest BCUT2D eigenvalue weighted by Gasteiger charge is -2.43. The van der Waals surface area contributed by atoms with Crippen LogP contribution in [-0.4, -0.2) is 11.4 Å². The van der Waals surface area contributed by atoms with Gasteiger partial charge >= 0.3 is 6.85 Å². The highest BCUT2D eigenvalue weighted by Gasteiger charge is 2.51. The number of anilines is 2. The van der Waals surface area contributed by atoms with Crippen LogP contribution >= 0.6 is 0 Å². The fraction of sp³-hybridized carbons (Fsp3) is 0.275. The number of fused-ring (bicyclic) bond motifs is 15. The molecule has 8 aromatic carbocycles. The van der Waals surface area contributed by atoms with E-state index in [0.717, 1.165) is 46.3 Å². The maximum atomic E-state index is 7.34. The lowest BCUT2D eigenvalue weighted by molar-refractivity contribution is 0.332. The van der Waals surface area contributed by atoms with Gasteiger partial charge in [0.15, 0.2) is 0 Å². The van der Waals surface area contributed by atoms with Gasteiger partial charge in [-0.15, -0.1) is 0 Å². The molecule has 0 saturated carbocycles. The molecule has 0 bridgehead atoms. The third kappa shape index (κ3) is 6.07. The summed E-state index contributed by atoms with van der Waals surface area (Å²) in [5, 5.41) is 3.89. The van der Waals surface area contributed by atoms with Gasteiger partial charge in [0, 0.05) is 55.3 Å². The molecule has 14 rings (SSSR count). The molecule has 10 aromatic rings. The van der Waals surface area contributed by atoms with E-state index in [1.165, 1.54) is 105 Å². The van der Waals surface area contributed by atoms with Gasteiger partial charge in [0.05, 0.1) is 11.0 Å². The zero-order valence-electron chi connectivity index (χ0n) is 44.7. The van der Waals surface area contributed by atoms with Crippen LogP contribution in [0.5, 0.6) is 0 Å². The summed E-state index contributed by atoms with van der Waals surface area (Å²) in [6.45, 7) is 28.8. The first-order valence-corrected chi connectivity index (χ1v) is 26.8. The average molecular weight is 949 g/mol. The van der Waals surface area contributed by atoms with Gasteiger partial charge < -0.3 is 13.8 Å². The zero-order chi connectivity index (χ0) is 50.5. The Morgan fingerprint density at radius 3 is 1.81 bits per heavy atom. The Morgan fingerprint density at radius 1 is 0.521 bits per heavy atom. The van der Waals surface area contributed by atoms with Crippen molar-refractivity contribution < 1.29 is 4.42 Å². The van der Waals surface area contributed by atoms with Crippen LogP contribution in [0, 0.1) is 0 Å². The van der Waals surface area contributed by atoms with Gasteiger partial charge in [-0.05, 0) is 150 Å². The number of nitrogens with zero attached hydrogens (tertiary/aromatic N) is 2. The molecule has 4 heterocycles. The molecule has 0 amide bonds. The number of hydrogen-bond donors (Lipinski definition) is 0. The fourth-order valence-corrected chi connectivity index (χ4v) is 14.1. The normalized spacial score (nSPS) is 16.7. The van der Waals surface area contributed by atoms with E-state index >= 15 is 0 Å². The summed E-state index contributed by atoms with van der Waals surface area (Å²) in [5.74, 6) is 0.901. The van der Waals surface area contributed by atoms with Gasteiger partial charge in [-0.2, -0.15) is 0 Å². The van der Waals surface area contributed by atoms with E-state index in [1.54, 1.807) is 0 Å². The molecule has 0 radical (unpaired) electrons. The van der Waals surface area contributed by atoms with E-state index in [-0.39, 0.29) is 33.9 Å². The van der Waals surface area contributed by atoms with Gasteiger partial charge in [-0.25, -0.2) is 0 Å². The van der Waals surface area contributed by atoms with Crippen molar-refractivity contribution in [2.24, 2.45) is 0 Å². The molecule has 2 aromatic heterocycles. The first-order valence-electron chi connectivity index (χ1n) is 26.8. The molecule has 73 heavy (non-hydrogen) atoms. The summed E-state index contributed by atoms with van der Waals surface area (Å²) < 4.78 is 10.1. The first-order chi connectivity index (χ1) is 34.7. The number of aromatic nitrogens is 1. The van der Waals surface area contributed by atoms with Gasteiger partial charge in [-0.3, -0.25) is 0 Å². The van der Waals surface area contributed by atoms with Crippen LogP contribution in [0.15, 0.2) is 156 Å². The summed E-state index contributed by atoms with van der Waals surface area (Å²) in [6, 6.07) is 58.2. The molecule has 0 N–H and O–H groups in total. The van der Waals surface area contributed by atoms with Crippen LogP contribution < -0.4 is 15.7 Å². The lowest BCUT2D eigenvalue weighted by Crippen LogP contribution is -2.60. The number of rotatable bonds is 3. The standard InChI is InChI=1S/C69H65BN2O/c1-65(2,3)42-27-30-44(31-28-42)72-53-32-29-43(66(4,5)6)35-46(53)59-58-45-25-19-20-26-49(45)69(11,12)61(58)60-47-36-50-51(68(9,10)34-33-67(50,7)8)38-54(47)71-55-37-48-56(39-52(55)70(72)62(59)63(60)71)73-64(41-23-17-14-18-24-41)57(48)40-21-15-13-16-22-40/h13-32,35-39H,33-34H2,1-12H3. The van der Waals surface area contributed by atoms with Crippen molar-refractivity contribution in [2.75, 3.05) is 4.81 Å². The maximum Gasteiger partial charge on any atom is 0.333 e. The summed E-state index contributed by atoms with van der Waals surface area (Å²) in [5.41, 5.74) is 26.9. The minimum absolute atomic E-state index is 0.0118. The quantitative estimate of drug-likeness (QED) is 0.165. The largest absolute Gasteiger partial charge is 0.455 e. The van der Waals surface area contributed by atoms with Crippen LogP contribution in [0.3, 0.4) is 0 Å². The molecule has 4 aliphatic rings. The van der Waals surface area contributed by atoms with E-state index in [9.17, 15) is 0 Å². The Kier molecular flexibility index (Phi) is 8.92. The highest BCUT2D eigenvalue weighted by atomic mass is 16.3. The maximum absolute atomic E-state index is 7.34. The van der Waals surface area contributed by atoms with E-state index in [4.69, 9.17) is 4.42 Å². The topological polar surface area (TPSA) is 21.3 Å². The summed E-state index contributed by atoms with van der Waals surface area (Å²) in [7, 11) is 0. The Labute approximate surface area is 432 Å².